The van der Waals surface area contributed by atoms with E-state index in [-0.39, 0.29) is 30.3 Å². The molecule has 4 rings (SSSR count). The Balaban J connectivity index is 0.00000256. The second-order valence-electron chi connectivity index (χ2n) is 7.11. The topological polar surface area (TPSA) is 99.2 Å². The van der Waals surface area contributed by atoms with Crippen molar-refractivity contribution in [3.8, 4) is 11.7 Å². The smallest absolute Gasteiger partial charge is 0.257 e. The third-order valence-electron chi connectivity index (χ3n) is 5.26. The van der Waals surface area contributed by atoms with Crippen LogP contribution >= 0.6 is 12.4 Å². The molecule has 2 atom stereocenters. The summed E-state index contributed by atoms with van der Waals surface area (Å²) in [5, 5.41) is 12.5. The molecule has 0 unspecified atom stereocenters. The van der Waals surface area contributed by atoms with Crippen molar-refractivity contribution in [1.82, 2.24) is 24.9 Å². The molecule has 3 heterocycles. The first-order chi connectivity index (χ1) is 14.1. The number of amides is 1. The zero-order valence-electron chi connectivity index (χ0n) is 16.9. The standard InChI is InChI=1S/C21H24N6O2.ClH/c1-3-29-20-10-9-19(24-25-20)27-14(2)16(11-23-27)21(28)26-12-17(18(22)13-26)15-7-5-4-6-8-15;/h4-11,17-18H,3,12-13,22H2,1-2H3;1H/t17-,18+;/m0./s1. The van der Waals surface area contributed by atoms with E-state index in [1.807, 2.05) is 32.0 Å². The molecule has 30 heavy (non-hydrogen) atoms. The van der Waals surface area contributed by atoms with Crippen molar-refractivity contribution in [2.75, 3.05) is 19.7 Å². The molecule has 0 radical (unpaired) electrons. The number of rotatable bonds is 5. The Morgan fingerprint density at radius 1 is 1.17 bits per heavy atom. The van der Waals surface area contributed by atoms with Gasteiger partial charge in [0.2, 0.25) is 5.88 Å². The number of likely N-dealkylation sites (tertiary alicyclic amines) is 1. The minimum absolute atomic E-state index is 0. The van der Waals surface area contributed by atoms with Crippen LogP contribution in [0.3, 0.4) is 0 Å². The predicted octanol–water partition coefficient (Wildman–Crippen LogP) is 2.36. The molecule has 158 valence electrons. The molecule has 1 saturated heterocycles. The summed E-state index contributed by atoms with van der Waals surface area (Å²) in [5.74, 6) is 1.05. The fraction of sp³-hybridized carbons (Fsp3) is 0.333. The minimum Gasteiger partial charge on any atom is -0.477 e. The van der Waals surface area contributed by atoms with Crippen LogP contribution in [0.4, 0.5) is 0 Å². The van der Waals surface area contributed by atoms with Crippen LogP contribution in [-0.4, -0.2) is 56.5 Å². The number of halogens is 1. The molecule has 1 aliphatic heterocycles. The highest BCUT2D eigenvalue weighted by Gasteiger charge is 2.35. The van der Waals surface area contributed by atoms with E-state index < -0.39 is 0 Å². The lowest BCUT2D eigenvalue weighted by Gasteiger charge is -2.16. The van der Waals surface area contributed by atoms with Gasteiger partial charge in [-0.3, -0.25) is 4.79 Å². The van der Waals surface area contributed by atoms with E-state index in [1.54, 1.807) is 27.9 Å². The summed E-state index contributed by atoms with van der Waals surface area (Å²) < 4.78 is 6.93. The summed E-state index contributed by atoms with van der Waals surface area (Å²) >= 11 is 0. The second-order valence-corrected chi connectivity index (χ2v) is 7.11. The highest BCUT2D eigenvalue weighted by atomic mass is 35.5. The molecule has 0 saturated carbocycles. The zero-order valence-corrected chi connectivity index (χ0v) is 17.7. The maximum atomic E-state index is 13.1. The number of nitrogens with zero attached hydrogens (tertiary/aromatic N) is 5. The molecule has 1 aromatic carbocycles. The summed E-state index contributed by atoms with van der Waals surface area (Å²) in [6.45, 7) is 5.37. The normalized spacial score (nSPS) is 18.2. The number of nitrogens with two attached hydrogens (primary N) is 1. The average Bonchev–Trinajstić information content (AvgIpc) is 3.32. The van der Waals surface area contributed by atoms with Crippen molar-refractivity contribution in [3.05, 3.63) is 65.5 Å². The summed E-state index contributed by atoms with van der Waals surface area (Å²) in [6.07, 6.45) is 1.58. The van der Waals surface area contributed by atoms with Crippen LogP contribution in [0.25, 0.3) is 5.82 Å². The molecule has 2 N–H and O–H groups in total. The van der Waals surface area contributed by atoms with Gasteiger partial charge in [0.05, 0.1) is 24.1 Å². The van der Waals surface area contributed by atoms with E-state index in [0.29, 0.717) is 42.7 Å². The van der Waals surface area contributed by atoms with Gasteiger partial charge in [0.1, 0.15) is 0 Å². The summed E-state index contributed by atoms with van der Waals surface area (Å²) in [4.78, 5) is 14.9. The molecule has 1 aliphatic rings. The number of hydrogen-bond donors (Lipinski definition) is 1. The summed E-state index contributed by atoms with van der Waals surface area (Å²) in [5.41, 5.74) is 8.76. The van der Waals surface area contributed by atoms with Gasteiger partial charge >= 0.3 is 0 Å². The van der Waals surface area contributed by atoms with Gasteiger partial charge in [0.15, 0.2) is 5.82 Å². The molecule has 1 fully saturated rings. The molecule has 0 spiro atoms. The van der Waals surface area contributed by atoms with E-state index in [0.717, 1.165) is 5.56 Å². The zero-order chi connectivity index (χ0) is 20.4. The molecule has 1 amide bonds. The van der Waals surface area contributed by atoms with Crippen LogP contribution in [-0.2, 0) is 0 Å². The van der Waals surface area contributed by atoms with Gasteiger partial charge in [-0.15, -0.1) is 22.6 Å². The maximum Gasteiger partial charge on any atom is 0.257 e. The fourth-order valence-corrected chi connectivity index (χ4v) is 3.72. The van der Waals surface area contributed by atoms with Crippen molar-refractivity contribution >= 4 is 18.3 Å². The monoisotopic (exact) mass is 428 g/mol. The molecular weight excluding hydrogens is 404 g/mol. The van der Waals surface area contributed by atoms with Gasteiger partial charge in [-0.2, -0.15) is 5.10 Å². The first-order valence-electron chi connectivity index (χ1n) is 9.69. The quantitative estimate of drug-likeness (QED) is 0.669. The molecule has 3 aromatic rings. The van der Waals surface area contributed by atoms with Gasteiger partial charge in [-0.05, 0) is 25.5 Å². The average molecular weight is 429 g/mol. The van der Waals surface area contributed by atoms with E-state index in [2.05, 4.69) is 27.4 Å². The van der Waals surface area contributed by atoms with Crippen LogP contribution in [0.15, 0.2) is 48.7 Å². The van der Waals surface area contributed by atoms with Crippen LogP contribution in [0, 0.1) is 6.92 Å². The summed E-state index contributed by atoms with van der Waals surface area (Å²) in [6, 6.07) is 13.5. The Hall–Kier alpha value is -2.97. The maximum absolute atomic E-state index is 13.1. The number of carbonyl (C=O) groups is 1. The lowest BCUT2D eigenvalue weighted by atomic mass is 9.95. The predicted molar refractivity (Wildman–Crippen MR) is 115 cm³/mol. The van der Waals surface area contributed by atoms with Crippen LogP contribution in [0.2, 0.25) is 0 Å². The molecule has 8 nitrogen and oxygen atoms in total. The highest BCUT2D eigenvalue weighted by molar-refractivity contribution is 5.95. The highest BCUT2D eigenvalue weighted by Crippen LogP contribution is 2.28. The Bertz CT molecular complexity index is 992. The van der Waals surface area contributed by atoms with Gasteiger partial charge in [-0.1, -0.05) is 30.3 Å². The van der Waals surface area contributed by atoms with Crippen molar-refractivity contribution < 1.29 is 9.53 Å². The first kappa shape index (κ1) is 21.7. The molecular formula is C21H25ClN6O2. The third-order valence-corrected chi connectivity index (χ3v) is 5.26. The minimum atomic E-state index is -0.0892. The van der Waals surface area contributed by atoms with Crippen LogP contribution < -0.4 is 10.5 Å². The third kappa shape index (κ3) is 4.15. The number of aromatic nitrogens is 4. The summed E-state index contributed by atoms with van der Waals surface area (Å²) in [7, 11) is 0. The number of benzene rings is 1. The van der Waals surface area contributed by atoms with Gasteiger partial charge in [0.25, 0.3) is 5.91 Å². The number of ether oxygens (including phenoxy) is 1. The molecule has 0 aliphatic carbocycles. The van der Waals surface area contributed by atoms with E-state index in [9.17, 15) is 4.79 Å². The lowest BCUT2D eigenvalue weighted by Crippen LogP contribution is -2.32. The van der Waals surface area contributed by atoms with E-state index >= 15 is 0 Å². The van der Waals surface area contributed by atoms with E-state index in [4.69, 9.17) is 10.5 Å². The molecule has 2 aromatic heterocycles. The van der Waals surface area contributed by atoms with Gasteiger partial charge in [-0.25, -0.2) is 4.68 Å². The number of hydrogen-bond acceptors (Lipinski definition) is 6. The van der Waals surface area contributed by atoms with Crippen molar-refractivity contribution in [2.24, 2.45) is 5.73 Å². The SMILES string of the molecule is CCOc1ccc(-n2ncc(C(=O)N3C[C@@H](N)[C@H](c4ccccc4)C3)c2C)nn1.Cl. The molecule has 0 bridgehead atoms. The van der Waals surface area contributed by atoms with Gasteiger partial charge < -0.3 is 15.4 Å². The van der Waals surface area contributed by atoms with Crippen molar-refractivity contribution in [1.29, 1.82) is 0 Å². The Kier molecular flexibility index (Phi) is 6.69. The Labute approximate surface area is 181 Å². The Morgan fingerprint density at radius 2 is 1.93 bits per heavy atom. The van der Waals surface area contributed by atoms with E-state index in [1.165, 1.54) is 0 Å². The Morgan fingerprint density at radius 3 is 2.60 bits per heavy atom. The van der Waals surface area contributed by atoms with Crippen molar-refractivity contribution in [2.45, 2.75) is 25.8 Å². The van der Waals surface area contributed by atoms with Crippen LogP contribution in [0.5, 0.6) is 5.88 Å². The lowest BCUT2D eigenvalue weighted by molar-refractivity contribution is 0.0788. The first-order valence-corrected chi connectivity index (χ1v) is 9.69. The van der Waals surface area contributed by atoms with Crippen molar-refractivity contribution in [3.63, 3.8) is 0 Å². The second kappa shape index (κ2) is 9.23. The fourth-order valence-electron chi connectivity index (χ4n) is 3.72. The van der Waals surface area contributed by atoms with Crippen LogP contribution in [0.1, 0.15) is 34.5 Å². The number of carbonyl (C=O) groups excluding carboxylic acids is 1. The largest absolute Gasteiger partial charge is 0.477 e. The van der Waals surface area contributed by atoms with Gasteiger partial charge in [0, 0.05) is 31.1 Å². The molecule has 9 heteroatoms.